The molecule has 1 aromatic heterocycles. The zero-order valence-corrected chi connectivity index (χ0v) is 16.3. The second kappa shape index (κ2) is 10.4. The van der Waals surface area contributed by atoms with Crippen LogP contribution in [0.25, 0.3) is 0 Å². The van der Waals surface area contributed by atoms with Crippen LogP contribution in [0.2, 0.25) is 0 Å². The number of hydrogen-bond acceptors (Lipinski definition) is 4. The molecule has 25 heavy (non-hydrogen) atoms. The molecule has 1 saturated heterocycles. The lowest BCUT2D eigenvalue weighted by atomic mass is 9.97. The van der Waals surface area contributed by atoms with Crippen LogP contribution in [0.3, 0.4) is 0 Å². The molecule has 142 valence electrons. The van der Waals surface area contributed by atoms with Gasteiger partial charge in [-0.3, -0.25) is 0 Å². The molecule has 0 radical (unpaired) electrons. The van der Waals surface area contributed by atoms with E-state index >= 15 is 0 Å². The minimum absolute atomic E-state index is 0.484. The van der Waals surface area contributed by atoms with Gasteiger partial charge in [0.1, 0.15) is 6.54 Å². The Hall–Kier alpha value is -1.56. The summed E-state index contributed by atoms with van der Waals surface area (Å²) in [6.07, 6.45) is 4.69. The van der Waals surface area contributed by atoms with Gasteiger partial charge in [-0.05, 0) is 58.7 Å². The standard InChI is InChI=1S/C19H35N5O/c1-5-16(6-2)18-12-17(25-23-18)14-22-19(20-7-3)21-13-15-8-10-24(4)11-9-15/h12,15-16H,5-11,13-14H2,1-4H3,(H2,20,21,22). The molecular weight excluding hydrogens is 314 g/mol. The highest BCUT2D eigenvalue weighted by Gasteiger charge is 2.17. The molecule has 0 aliphatic carbocycles. The summed E-state index contributed by atoms with van der Waals surface area (Å²) in [4.78, 5) is 7.06. The van der Waals surface area contributed by atoms with Gasteiger partial charge in [-0.1, -0.05) is 19.0 Å². The summed E-state index contributed by atoms with van der Waals surface area (Å²) in [6, 6.07) is 2.06. The smallest absolute Gasteiger partial charge is 0.191 e. The molecule has 1 aromatic rings. The fourth-order valence-corrected chi connectivity index (χ4v) is 3.31. The largest absolute Gasteiger partial charge is 0.359 e. The number of hydrogen-bond donors (Lipinski definition) is 2. The van der Waals surface area contributed by atoms with Crippen molar-refractivity contribution in [3.05, 3.63) is 17.5 Å². The van der Waals surface area contributed by atoms with E-state index in [1.54, 1.807) is 0 Å². The zero-order chi connectivity index (χ0) is 18.1. The van der Waals surface area contributed by atoms with Gasteiger partial charge in [-0.15, -0.1) is 0 Å². The van der Waals surface area contributed by atoms with Crippen molar-refractivity contribution in [2.24, 2.45) is 10.9 Å². The molecule has 0 atom stereocenters. The summed E-state index contributed by atoms with van der Waals surface area (Å²) in [7, 11) is 2.20. The van der Waals surface area contributed by atoms with E-state index in [9.17, 15) is 0 Å². The van der Waals surface area contributed by atoms with E-state index in [4.69, 9.17) is 4.52 Å². The Bertz CT molecular complexity index is 516. The highest BCUT2D eigenvalue weighted by Crippen LogP contribution is 2.22. The number of aliphatic imine (C=N–C) groups is 1. The Morgan fingerprint density at radius 3 is 2.64 bits per heavy atom. The van der Waals surface area contributed by atoms with Crippen molar-refractivity contribution < 1.29 is 4.52 Å². The van der Waals surface area contributed by atoms with Crippen LogP contribution in [0.15, 0.2) is 15.6 Å². The topological polar surface area (TPSA) is 65.7 Å². The zero-order valence-electron chi connectivity index (χ0n) is 16.3. The molecule has 6 heteroatoms. The molecule has 6 nitrogen and oxygen atoms in total. The van der Waals surface area contributed by atoms with E-state index in [1.807, 2.05) is 0 Å². The highest BCUT2D eigenvalue weighted by atomic mass is 16.5. The van der Waals surface area contributed by atoms with Crippen LogP contribution in [-0.2, 0) is 6.54 Å². The van der Waals surface area contributed by atoms with Gasteiger partial charge >= 0.3 is 0 Å². The number of aromatic nitrogens is 1. The van der Waals surface area contributed by atoms with E-state index in [2.05, 4.69) is 59.6 Å². The van der Waals surface area contributed by atoms with Gasteiger partial charge < -0.3 is 20.1 Å². The van der Waals surface area contributed by atoms with Crippen LogP contribution in [0, 0.1) is 5.92 Å². The SMILES string of the molecule is CCNC(=NCc1cc(C(CC)CC)no1)NCC1CCN(C)CC1. The Morgan fingerprint density at radius 2 is 2.00 bits per heavy atom. The third-order valence-corrected chi connectivity index (χ3v) is 5.11. The van der Waals surface area contributed by atoms with Gasteiger partial charge in [0.15, 0.2) is 11.7 Å². The summed E-state index contributed by atoms with van der Waals surface area (Å²) in [6.45, 7) is 11.2. The third kappa shape index (κ3) is 6.34. The van der Waals surface area contributed by atoms with Gasteiger partial charge in [-0.25, -0.2) is 4.99 Å². The lowest BCUT2D eigenvalue weighted by molar-refractivity contribution is 0.220. The average molecular weight is 350 g/mol. The van der Waals surface area contributed by atoms with Crippen molar-refractivity contribution in [3.63, 3.8) is 0 Å². The normalized spacial score (nSPS) is 17.2. The monoisotopic (exact) mass is 349 g/mol. The summed E-state index contributed by atoms with van der Waals surface area (Å²) in [5, 5.41) is 11.0. The van der Waals surface area contributed by atoms with Gasteiger partial charge in [0.25, 0.3) is 0 Å². The molecule has 0 amide bonds. The maximum atomic E-state index is 5.47. The quantitative estimate of drug-likeness (QED) is 0.558. The maximum absolute atomic E-state index is 5.47. The first-order valence-corrected chi connectivity index (χ1v) is 9.82. The third-order valence-electron chi connectivity index (χ3n) is 5.11. The number of likely N-dealkylation sites (tertiary alicyclic amines) is 1. The van der Waals surface area contributed by atoms with Gasteiger partial charge in [0.2, 0.25) is 0 Å². The number of rotatable bonds is 8. The molecule has 2 heterocycles. The van der Waals surface area contributed by atoms with Gasteiger partial charge in [0, 0.05) is 25.1 Å². The van der Waals surface area contributed by atoms with Crippen molar-refractivity contribution in [1.29, 1.82) is 0 Å². The molecule has 0 spiro atoms. The number of guanidine groups is 1. The summed E-state index contributed by atoms with van der Waals surface area (Å²) in [5.41, 5.74) is 1.06. The second-order valence-electron chi connectivity index (χ2n) is 7.05. The van der Waals surface area contributed by atoms with Crippen LogP contribution in [-0.4, -0.2) is 49.2 Å². The first-order chi connectivity index (χ1) is 12.2. The molecule has 2 rings (SSSR count). The predicted molar refractivity (Wildman–Crippen MR) is 103 cm³/mol. The Kier molecular flexibility index (Phi) is 8.25. The molecule has 0 bridgehead atoms. The summed E-state index contributed by atoms with van der Waals surface area (Å²) in [5.74, 6) is 2.91. The van der Waals surface area contributed by atoms with Crippen molar-refractivity contribution in [1.82, 2.24) is 20.7 Å². The van der Waals surface area contributed by atoms with Gasteiger partial charge in [-0.2, -0.15) is 0 Å². The molecule has 1 fully saturated rings. The molecule has 1 aliphatic rings. The minimum atomic E-state index is 0.484. The fraction of sp³-hybridized carbons (Fsp3) is 0.789. The van der Waals surface area contributed by atoms with Crippen molar-refractivity contribution >= 4 is 5.96 Å². The van der Waals surface area contributed by atoms with Crippen LogP contribution in [0.1, 0.15) is 63.8 Å². The molecule has 0 saturated carbocycles. The summed E-state index contributed by atoms with van der Waals surface area (Å²) < 4.78 is 5.47. The van der Waals surface area contributed by atoms with Gasteiger partial charge in [0.05, 0.1) is 5.69 Å². The molecule has 0 aromatic carbocycles. The van der Waals surface area contributed by atoms with Crippen LogP contribution in [0.5, 0.6) is 0 Å². The predicted octanol–water partition coefficient (Wildman–Crippen LogP) is 2.98. The van der Waals surface area contributed by atoms with Crippen LogP contribution < -0.4 is 10.6 Å². The highest BCUT2D eigenvalue weighted by molar-refractivity contribution is 5.79. The summed E-state index contributed by atoms with van der Waals surface area (Å²) >= 11 is 0. The molecular formula is C19H35N5O. The molecule has 0 unspecified atom stereocenters. The van der Waals surface area contributed by atoms with Crippen molar-refractivity contribution in [2.45, 2.75) is 58.9 Å². The maximum Gasteiger partial charge on any atom is 0.191 e. The lowest BCUT2D eigenvalue weighted by Gasteiger charge is -2.29. The number of nitrogens with one attached hydrogen (secondary N) is 2. The average Bonchev–Trinajstić information content (AvgIpc) is 3.09. The Labute approximate surface area is 152 Å². The minimum Gasteiger partial charge on any atom is -0.359 e. The molecule has 1 aliphatic heterocycles. The number of nitrogens with zero attached hydrogens (tertiary/aromatic N) is 3. The lowest BCUT2D eigenvalue weighted by Crippen LogP contribution is -2.42. The Morgan fingerprint density at radius 1 is 1.28 bits per heavy atom. The fourth-order valence-electron chi connectivity index (χ4n) is 3.31. The first kappa shape index (κ1) is 19.8. The van der Waals surface area contributed by atoms with Crippen LogP contribution in [0.4, 0.5) is 0 Å². The number of piperidine rings is 1. The van der Waals surface area contributed by atoms with Crippen molar-refractivity contribution in [2.75, 3.05) is 33.2 Å². The van der Waals surface area contributed by atoms with Crippen molar-refractivity contribution in [3.8, 4) is 0 Å². The van der Waals surface area contributed by atoms with E-state index in [0.717, 1.165) is 49.3 Å². The van der Waals surface area contributed by atoms with E-state index in [0.29, 0.717) is 12.5 Å². The second-order valence-corrected chi connectivity index (χ2v) is 7.05. The van der Waals surface area contributed by atoms with E-state index < -0.39 is 0 Å². The van der Waals surface area contributed by atoms with E-state index in [1.165, 1.54) is 25.9 Å². The van der Waals surface area contributed by atoms with Crippen LogP contribution >= 0.6 is 0 Å². The molecule has 2 N–H and O–H groups in total. The first-order valence-electron chi connectivity index (χ1n) is 9.82. The van der Waals surface area contributed by atoms with E-state index in [-0.39, 0.29) is 0 Å². The Balaban J connectivity index is 1.86.